The summed E-state index contributed by atoms with van der Waals surface area (Å²) in [6.45, 7) is 4.13. The van der Waals surface area contributed by atoms with Gasteiger partial charge in [0.1, 0.15) is 11.2 Å². The summed E-state index contributed by atoms with van der Waals surface area (Å²) in [5, 5.41) is 9.22. The molecule has 0 saturated carbocycles. The molecule has 0 unspecified atom stereocenters. The number of ether oxygens (including phenoxy) is 2. The summed E-state index contributed by atoms with van der Waals surface area (Å²) in [6, 6.07) is 7.71. The fourth-order valence-electron chi connectivity index (χ4n) is 5.03. The monoisotopic (exact) mass is 446 g/mol. The first-order valence-electron chi connectivity index (χ1n) is 12.1. The second-order valence-electron chi connectivity index (χ2n) is 8.78. The predicted molar refractivity (Wildman–Crippen MR) is 132 cm³/mol. The van der Waals surface area contributed by atoms with Gasteiger partial charge in [-0.25, -0.2) is 4.79 Å². The summed E-state index contributed by atoms with van der Waals surface area (Å²) >= 11 is 0. The zero-order valence-corrected chi connectivity index (χ0v) is 20.0. The molecule has 2 aromatic rings. The van der Waals surface area contributed by atoms with E-state index in [1.54, 1.807) is 7.11 Å². The number of hydrogen-bond donors (Lipinski definition) is 1. The standard InChI is InChI=1S/C28H34N2O3/c1-4-33-28(31)25-24(20-11-7-5-8-12-20)19(2)27(29)30(22-15-17-23(32-3)18-16-22)26(25)21-13-9-6-10-14-21/h11,13,15-18,29H,4-10,12,14H2,1-3H3. The predicted octanol–water partition coefficient (Wildman–Crippen LogP) is 6.37. The van der Waals surface area contributed by atoms with Crippen molar-refractivity contribution in [2.75, 3.05) is 13.7 Å². The van der Waals surface area contributed by atoms with Crippen LogP contribution in [0.3, 0.4) is 0 Å². The van der Waals surface area contributed by atoms with Crippen molar-refractivity contribution in [1.29, 1.82) is 5.41 Å². The fourth-order valence-corrected chi connectivity index (χ4v) is 5.03. The van der Waals surface area contributed by atoms with Crippen molar-refractivity contribution in [1.82, 2.24) is 4.57 Å². The Labute approximate surface area is 196 Å². The maximum atomic E-state index is 13.5. The third kappa shape index (κ3) is 4.54. The Morgan fingerprint density at radius 1 is 1.00 bits per heavy atom. The zero-order valence-electron chi connectivity index (χ0n) is 20.0. The van der Waals surface area contributed by atoms with Crippen LogP contribution in [0.25, 0.3) is 16.8 Å². The van der Waals surface area contributed by atoms with Gasteiger partial charge >= 0.3 is 5.97 Å². The molecule has 0 radical (unpaired) electrons. The van der Waals surface area contributed by atoms with E-state index in [1.807, 2.05) is 42.7 Å². The number of carbonyl (C=O) groups excluding carboxylic acids is 1. The molecular weight excluding hydrogens is 412 g/mol. The van der Waals surface area contributed by atoms with Gasteiger partial charge in [-0.2, -0.15) is 0 Å². The van der Waals surface area contributed by atoms with Crippen molar-refractivity contribution in [3.63, 3.8) is 0 Å². The molecule has 0 bridgehead atoms. The summed E-state index contributed by atoms with van der Waals surface area (Å²) < 4.78 is 12.9. The molecule has 0 amide bonds. The summed E-state index contributed by atoms with van der Waals surface area (Å²) in [5.41, 5.74) is 6.72. The number of benzene rings is 1. The summed E-state index contributed by atoms with van der Waals surface area (Å²) in [7, 11) is 1.64. The Bertz CT molecular complexity index is 1150. The molecule has 1 aromatic heterocycles. The molecule has 2 aliphatic rings. The molecule has 0 spiro atoms. The summed E-state index contributed by atoms with van der Waals surface area (Å²) in [6.07, 6.45) is 12.8. The highest BCUT2D eigenvalue weighted by molar-refractivity contribution is 6.01. The lowest BCUT2D eigenvalue weighted by atomic mass is 9.84. The summed E-state index contributed by atoms with van der Waals surface area (Å²) in [5.74, 6) is 0.460. The fraction of sp³-hybridized carbons (Fsp3) is 0.429. The van der Waals surface area contributed by atoms with Crippen LogP contribution < -0.4 is 10.2 Å². The number of methoxy groups -OCH3 is 1. The lowest BCUT2D eigenvalue weighted by Gasteiger charge is -2.27. The third-order valence-corrected chi connectivity index (χ3v) is 6.68. The number of hydrogen-bond acceptors (Lipinski definition) is 4. The highest BCUT2D eigenvalue weighted by atomic mass is 16.5. The van der Waals surface area contributed by atoms with Crippen molar-refractivity contribution < 1.29 is 14.3 Å². The van der Waals surface area contributed by atoms with Crippen LogP contribution in [0.1, 0.15) is 85.5 Å². The molecule has 4 rings (SSSR count). The first-order chi connectivity index (χ1) is 16.1. The van der Waals surface area contributed by atoms with Crippen LogP contribution in [-0.2, 0) is 4.74 Å². The quantitative estimate of drug-likeness (QED) is 0.525. The number of pyridine rings is 1. The lowest BCUT2D eigenvalue weighted by molar-refractivity contribution is 0.0524. The number of nitrogens with one attached hydrogen (secondary N) is 1. The smallest absolute Gasteiger partial charge is 0.340 e. The van der Waals surface area contributed by atoms with Gasteiger partial charge in [-0.1, -0.05) is 12.2 Å². The Kier molecular flexibility index (Phi) is 7.17. The van der Waals surface area contributed by atoms with Crippen LogP contribution in [0.5, 0.6) is 5.75 Å². The van der Waals surface area contributed by atoms with E-state index >= 15 is 0 Å². The van der Waals surface area contributed by atoms with Gasteiger partial charge in [0, 0.05) is 16.8 Å². The van der Waals surface area contributed by atoms with Crippen LogP contribution in [0.4, 0.5) is 0 Å². The lowest BCUT2D eigenvalue weighted by Crippen LogP contribution is -2.30. The molecule has 1 N–H and O–H groups in total. The second kappa shape index (κ2) is 10.2. The van der Waals surface area contributed by atoms with Crippen molar-refractivity contribution in [3.05, 3.63) is 64.3 Å². The van der Waals surface area contributed by atoms with Crippen molar-refractivity contribution in [3.8, 4) is 11.4 Å². The third-order valence-electron chi connectivity index (χ3n) is 6.68. The highest BCUT2D eigenvalue weighted by Gasteiger charge is 2.29. The van der Waals surface area contributed by atoms with Crippen LogP contribution >= 0.6 is 0 Å². The van der Waals surface area contributed by atoms with E-state index in [1.165, 1.54) is 12.0 Å². The number of allylic oxidation sites excluding steroid dienone is 4. The Hall–Kier alpha value is -3.08. The van der Waals surface area contributed by atoms with Gasteiger partial charge in [-0.05, 0) is 101 Å². The molecule has 5 heteroatoms. The highest BCUT2D eigenvalue weighted by Crippen LogP contribution is 2.37. The van der Waals surface area contributed by atoms with Gasteiger partial charge in [0.05, 0.1) is 25.0 Å². The molecule has 2 aliphatic carbocycles. The Morgan fingerprint density at radius 2 is 1.64 bits per heavy atom. The van der Waals surface area contributed by atoms with Gasteiger partial charge < -0.3 is 9.47 Å². The average molecular weight is 447 g/mol. The maximum Gasteiger partial charge on any atom is 0.340 e. The van der Waals surface area contributed by atoms with Gasteiger partial charge in [-0.3, -0.25) is 9.98 Å². The van der Waals surface area contributed by atoms with E-state index in [-0.39, 0.29) is 5.97 Å². The molecule has 0 aliphatic heterocycles. The average Bonchev–Trinajstić information content (AvgIpc) is 2.86. The second-order valence-corrected chi connectivity index (χ2v) is 8.78. The van der Waals surface area contributed by atoms with Crippen LogP contribution in [0, 0.1) is 12.3 Å². The van der Waals surface area contributed by atoms with Gasteiger partial charge in [0.15, 0.2) is 0 Å². The number of carbonyl (C=O) groups is 1. The van der Waals surface area contributed by atoms with E-state index in [2.05, 4.69) is 12.2 Å². The van der Waals surface area contributed by atoms with Crippen molar-refractivity contribution in [2.45, 2.75) is 65.2 Å². The van der Waals surface area contributed by atoms with E-state index in [0.29, 0.717) is 17.7 Å². The minimum Gasteiger partial charge on any atom is -0.497 e. The number of nitrogens with zero attached hydrogens (tertiary/aromatic N) is 1. The van der Waals surface area contributed by atoms with Gasteiger partial charge in [0.25, 0.3) is 0 Å². The largest absolute Gasteiger partial charge is 0.497 e. The number of aromatic nitrogens is 1. The molecule has 0 fully saturated rings. The minimum atomic E-state index is -0.300. The van der Waals surface area contributed by atoms with Crippen LogP contribution in [-0.4, -0.2) is 24.3 Å². The van der Waals surface area contributed by atoms with E-state index in [4.69, 9.17) is 9.47 Å². The van der Waals surface area contributed by atoms with Crippen LogP contribution in [0.2, 0.25) is 0 Å². The minimum absolute atomic E-state index is 0.300. The molecule has 0 saturated heterocycles. The van der Waals surface area contributed by atoms with Crippen molar-refractivity contribution in [2.24, 2.45) is 0 Å². The molecule has 33 heavy (non-hydrogen) atoms. The van der Waals surface area contributed by atoms with Crippen molar-refractivity contribution >= 4 is 17.1 Å². The first-order valence-corrected chi connectivity index (χ1v) is 12.1. The zero-order chi connectivity index (χ0) is 23.4. The Balaban J connectivity index is 2.09. The van der Waals surface area contributed by atoms with E-state index in [0.717, 1.165) is 78.8 Å². The van der Waals surface area contributed by atoms with Gasteiger partial charge in [-0.15, -0.1) is 0 Å². The normalized spacial score (nSPS) is 16.1. The Morgan fingerprint density at radius 3 is 2.18 bits per heavy atom. The number of rotatable bonds is 6. The van der Waals surface area contributed by atoms with E-state index in [9.17, 15) is 10.2 Å². The molecule has 174 valence electrons. The maximum absolute atomic E-state index is 13.5. The molecule has 1 heterocycles. The summed E-state index contributed by atoms with van der Waals surface area (Å²) in [4.78, 5) is 13.5. The molecule has 1 aromatic carbocycles. The molecule has 0 atom stereocenters. The molecule has 5 nitrogen and oxygen atoms in total. The SMILES string of the molecule is CCOC(=O)c1c(C2=CCCCC2)c(C)c(=N)n(-c2ccc(OC)cc2)c1C1=CCCCC1. The number of esters is 1. The first kappa shape index (κ1) is 23.1. The molecular formula is C28H34N2O3. The van der Waals surface area contributed by atoms with Crippen LogP contribution in [0.15, 0.2) is 36.4 Å². The topological polar surface area (TPSA) is 64.3 Å². The van der Waals surface area contributed by atoms with E-state index < -0.39 is 0 Å². The van der Waals surface area contributed by atoms with Gasteiger partial charge in [0.2, 0.25) is 0 Å².